The number of carbonyl (C=O) groups is 2. The number of alkyl halides is 3. The molecule has 2 amide bonds. The maximum absolute atomic E-state index is 13.0. The van der Waals surface area contributed by atoms with Gasteiger partial charge < -0.3 is 30.3 Å². The Kier molecular flexibility index (Phi) is 11.4. The summed E-state index contributed by atoms with van der Waals surface area (Å²) in [6.07, 6.45) is -0.492. The maximum Gasteiger partial charge on any atom is 0.573 e. The minimum absolute atomic E-state index is 0.101. The third-order valence-electron chi connectivity index (χ3n) is 7.13. The second kappa shape index (κ2) is 15.0. The highest BCUT2D eigenvalue weighted by molar-refractivity contribution is 6.32. The van der Waals surface area contributed by atoms with E-state index in [1.165, 1.54) is 17.0 Å². The van der Waals surface area contributed by atoms with Crippen molar-refractivity contribution in [2.75, 3.05) is 38.5 Å². The van der Waals surface area contributed by atoms with Gasteiger partial charge in [-0.05, 0) is 83.1 Å². The van der Waals surface area contributed by atoms with Crippen LogP contribution in [0.5, 0.6) is 5.75 Å². The smallest absolute Gasteiger partial charge is 0.444 e. The van der Waals surface area contributed by atoms with E-state index in [0.29, 0.717) is 48.5 Å². The predicted molar refractivity (Wildman–Crippen MR) is 176 cm³/mol. The number of nitrogens with two attached hydrogens (primary N) is 1. The number of amides is 2. The summed E-state index contributed by atoms with van der Waals surface area (Å²) in [6.45, 7) is 7.80. The molecule has 0 fully saturated rings. The summed E-state index contributed by atoms with van der Waals surface area (Å²) in [6, 6.07) is 11.0. The van der Waals surface area contributed by atoms with E-state index in [2.05, 4.69) is 19.9 Å². The Balaban J connectivity index is 1.32. The zero-order valence-corrected chi connectivity index (χ0v) is 27.4. The van der Waals surface area contributed by atoms with Gasteiger partial charge in [-0.25, -0.2) is 9.78 Å². The topological polar surface area (TPSA) is 123 Å². The Morgan fingerprint density at radius 1 is 0.979 bits per heavy atom. The Hall–Kier alpha value is -4.36. The first kappa shape index (κ1) is 35.5. The van der Waals surface area contributed by atoms with Crippen molar-refractivity contribution < 1.29 is 32.2 Å². The number of anilines is 1. The molecule has 2 aromatic heterocycles. The fraction of sp³-hybridized carbons (Fsp3) is 0.394. The van der Waals surface area contributed by atoms with Crippen LogP contribution in [0, 0.1) is 0 Å². The minimum atomic E-state index is -4.87. The van der Waals surface area contributed by atoms with Gasteiger partial charge in [-0.2, -0.15) is 0 Å². The summed E-state index contributed by atoms with van der Waals surface area (Å²) in [5.74, 6) is -0.359. The van der Waals surface area contributed by atoms with E-state index in [1.54, 1.807) is 45.3 Å². The molecule has 14 heteroatoms. The number of rotatable bonds is 13. The number of fused-ring (bicyclic) bond motifs is 3. The summed E-state index contributed by atoms with van der Waals surface area (Å²) < 4.78 is 47.4. The van der Waals surface area contributed by atoms with E-state index in [4.69, 9.17) is 27.1 Å². The van der Waals surface area contributed by atoms with E-state index in [9.17, 15) is 22.8 Å². The third kappa shape index (κ3) is 10.3. The quantitative estimate of drug-likeness (QED) is 0.115. The summed E-state index contributed by atoms with van der Waals surface area (Å²) >= 11 is 6.03. The number of primary amides is 1. The number of benzene rings is 2. The molecule has 0 aliphatic carbocycles. The molecule has 0 aliphatic rings. The van der Waals surface area contributed by atoms with E-state index >= 15 is 0 Å². The van der Waals surface area contributed by atoms with Gasteiger partial charge in [0.05, 0.1) is 10.5 Å². The first-order valence-corrected chi connectivity index (χ1v) is 15.4. The van der Waals surface area contributed by atoms with Crippen LogP contribution in [-0.4, -0.2) is 77.0 Å². The molecule has 0 aliphatic heterocycles. The van der Waals surface area contributed by atoms with Crippen molar-refractivity contribution in [1.29, 1.82) is 0 Å². The van der Waals surface area contributed by atoms with E-state index in [-0.39, 0.29) is 11.6 Å². The average Bonchev–Trinajstić information content (AvgIpc) is 2.98. The number of aromatic nitrogens is 2. The Morgan fingerprint density at radius 3 is 2.40 bits per heavy atom. The lowest BCUT2D eigenvalue weighted by molar-refractivity contribution is -0.274. The summed E-state index contributed by atoms with van der Waals surface area (Å²) in [4.78, 5) is 37.4. The number of carbonyl (C=O) groups excluding carboxylic acids is 2. The van der Waals surface area contributed by atoms with Crippen molar-refractivity contribution in [1.82, 2.24) is 19.8 Å². The highest BCUT2D eigenvalue weighted by Crippen LogP contribution is 2.32. The van der Waals surface area contributed by atoms with Crippen LogP contribution in [0.1, 0.15) is 49.5 Å². The molecule has 0 unspecified atom stereocenters. The molecule has 2 aromatic carbocycles. The molecule has 0 spiro atoms. The number of hydrogen-bond donors (Lipinski definition) is 2. The normalized spacial score (nSPS) is 12.0. The summed E-state index contributed by atoms with van der Waals surface area (Å²) in [7, 11) is 1.99. The van der Waals surface area contributed by atoms with Crippen LogP contribution in [0.15, 0.2) is 54.9 Å². The van der Waals surface area contributed by atoms with Gasteiger partial charge in [0, 0.05) is 60.3 Å². The van der Waals surface area contributed by atoms with Crippen LogP contribution in [-0.2, 0) is 11.3 Å². The number of hydrogen-bond acceptors (Lipinski definition) is 8. The highest BCUT2D eigenvalue weighted by Gasteiger charge is 2.32. The molecular formula is C33H38ClF3N6O4. The van der Waals surface area contributed by atoms with Crippen LogP contribution in [0.25, 0.3) is 21.7 Å². The molecule has 0 saturated heterocycles. The first-order valence-electron chi connectivity index (χ1n) is 15.0. The number of ether oxygens (including phenoxy) is 2. The number of nitrogens with zero attached hydrogens (tertiary/aromatic N) is 4. The van der Waals surface area contributed by atoms with Gasteiger partial charge >= 0.3 is 12.5 Å². The molecule has 0 bridgehead atoms. The molecule has 0 saturated carbocycles. The number of unbranched alkanes of at least 4 members (excludes halogenated alkanes) is 1. The fourth-order valence-electron chi connectivity index (χ4n) is 4.93. The number of likely N-dealkylation sites (N-methyl/N-ethyl adjacent to an activating group) is 1. The molecule has 47 heavy (non-hydrogen) atoms. The predicted octanol–water partition coefficient (Wildman–Crippen LogP) is 7.00. The Morgan fingerprint density at radius 2 is 1.72 bits per heavy atom. The first-order chi connectivity index (χ1) is 22.1. The maximum atomic E-state index is 13.0. The van der Waals surface area contributed by atoms with Crippen LogP contribution >= 0.6 is 11.6 Å². The van der Waals surface area contributed by atoms with Gasteiger partial charge in [-0.1, -0.05) is 23.7 Å². The van der Waals surface area contributed by atoms with Crippen molar-refractivity contribution in [2.45, 2.75) is 52.1 Å². The SMILES string of the molecule is CN(CCCCN(Cc1ccc(OC(F)(F)F)c(Cl)c1)C(=O)OC(C)(C)C)CCNc1nc2cc(C(N)=O)ccc2c2cnccc12. The van der Waals surface area contributed by atoms with E-state index < -0.39 is 29.7 Å². The van der Waals surface area contributed by atoms with Crippen molar-refractivity contribution >= 4 is 51.1 Å². The zero-order chi connectivity index (χ0) is 34.4. The lowest BCUT2D eigenvalue weighted by Crippen LogP contribution is -2.37. The van der Waals surface area contributed by atoms with Crippen molar-refractivity contribution in [3.63, 3.8) is 0 Å². The number of halogens is 4. The molecule has 0 atom stereocenters. The lowest BCUT2D eigenvalue weighted by atomic mass is 10.1. The lowest BCUT2D eigenvalue weighted by Gasteiger charge is -2.28. The average molecular weight is 675 g/mol. The van der Waals surface area contributed by atoms with Gasteiger partial charge in [0.25, 0.3) is 0 Å². The molecule has 252 valence electrons. The van der Waals surface area contributed by atoms with Crippen LogP contribution < -0.4 is 15.8 Å². The fourth-order valence-corrected chi connectivity index (χ4v) is 5.17. The van der Waals surface area contributed by atoms with Crippen LogP contribution in [0.3, 0.4) is 0 Å². The summed E-state index contributed by atoms with van der Waals surface area (Å²) in [5, 5.41) is 5.89. The molecular weight excluding hydrogens is 637 g/mol. The zero-order valence-electron chi connectivity index (χ0n) is 26.7. The van der Waals surface area contributed by atoms with Gasteiger partial charge in [0.2, 0.25) is 5.91 Å². The second-order valence-electron chi connectivity index (χ2n) is 12.1. The molecule has 4 aromatic rings. The van der Waals surface area contributed by atoms with Gasteiger partial charge in [-0.3, -0.25) is 9.78 Å². The number of nitrogens with one attached hydrogen (secondary N) is 1. The molecule has 0 radical (unpaired) electrons. The number of pyridine rings is 2. The van der Waals surface area contributed by atoms with Gasteiger partial charge in [0.1, 0.15) is 17.2 Å². The van der Waals surface area contributed by atoms with Crippen molar-refractivity contribution in [3.8, 4) is 5.75 Å². The monoisotopic (exact) mass is 674 g/mol. The van der Waals surface area contributed by atoms with Crippen LogP contribution in [0.4, 0.5) is 23.8 Å². The highest BCUT2D eigenvalue weighted by atomic mass is 35.5. The Labute approximate surface area is 276 Å². The largest absolute Gasteiger partial charge is 0.573 e. The molecule has 4 rings (SSSR count). The van der Waals surface area contributed by atoms with Crippen LogP contribution in [0.2, 0.25) is 5.02 Å². The van der Waals surface area contributed by atoms with E-state index in [0.717, 1.165) is 35.2 Å². The molecule has 3 N–H and O–H groups in total. The summed E-state index contributed by atoms with van der Waals surface area (Å²) in [5.41, 5.74) is 6.30. The van der Waals surface area contributed by atoms with Crippen molar-refractivity contribution in [2.24, 2.45) is 5.73 Å². The molecule has 10 nitrogen and oxygen atoms in total. The van der Waals surface area contributed by atoms with Gasteiger partial charge in [0.15, 0.2) is 0 Å². The van der Waals surface area contributed by atoms with E-state index in [1.807, 2.05) is 19.2 Å². The van der Waals surface area contributed by atoms with Gasteiger partial charge in [-0.15, -0.1) is 13.2 Å². The Bertz CT molecular complexity index is 1730. The standard InChI is InChI=1S/C33H38ClF3N6O4/c1-32(2,3)47-31(45)43(20-21-7-10-28(26(34)17-21)46-33(35,36)37)15-6-5-14-42(4)16-13-40-30-24-11-12-39-19-25(24)23-9-8-22(29(38)44)18-27(23)41-30/h7-12,17-19H,5-6,13-16,20H2,1-4H3,(H2,38,44)(H,40,41). The second-order valence-corrected chi connectivity index (χ2v) is 12.5. The third-order valence-corrected chi connectivity index (χ3v) is 7.43. The van der Waals surface area contributed by atoms with Crippen molar-refractivity contribution in [3.05, 3.63) is 71.0 Å². The molecule has 2 heterocycles. The minimum Gasteiger partial charge on any atom is -0.444 e.